The van der Waals surface area contributed by atoms with E-state index in [4.69, 9.17) is 5.26 Å². The van der Waals surface area contributed by atoms with Crippen molar-refractivity contribution >= 4 is 17.4 Å². The summed E-state index contributed by atoms with van der Waals surface area (Å²) in [6.45, 7) is -0.680. The molecule has 1 aromatic carbocycles. The minimum absolute atomic E-state index is 0.136. The van der Waals surface area contributed by atoms with Crippen LogP contribution in [0.4, 0.5) is 27.6 Å². The molecule has 0 aliphatic heterocycles. The third-order valence-corrected chi connectivity index (χ3v) is 2.94. The maximum Gasteiger partial charge on any atom is 0.406 e. The number of hydrogen-bond donors (Lipinski definition) is 1. The molecule has 1 unspecified atom stereocenters. The highest BCUT2D eigenvalue weighted by Crippen LogP contribution is 2.32. The Morgan fingerprint density at radius 2 is 1.89 bits per heavy atom. The average Bonchev–Trinajstić information content (AvgIpc) is 2.29. The first-order chi connectivity index (χ1) is 8.84. The first-order valence-electron chi connectivity index (χ1n) is 5.08. The summed E-state index contributed by atoms with van der Waals surface area (Å²) in [7, 11) is 0. The molecular weight excluding hydrogens is 287 g/mol. The molecule has 0 aliphatic rings. The number of rotatable bonds is 5. The molecule has 0 spiro atoms. The van der Waals surface area contributed by atoms with E-state index in [0.29, 0.717) is 0 Å². The molecule has 0 fully saturated rings. The Labute approximate surface area is 110 Å². The number of nitriles is 1. The Hall–Kier alpha value is -1.49. The van der Waals surface area contributed by atoms with Gasteiger partial charge in [-0.05, 0) is 12.1 Å². The van der Waals surface area contributed by atoms with Crippen molar-refractivity contribution in [3.63, 3.8) is 0 Å². The number of nitrogens with zero attached hydrogens (tertiary/aromatic N) is 1. The number of nitrogens with one attached hydrogen (secondary N) is 1. The molecule has 0 aromatic heterocycles. The van der Waals surface area contributed by atoms with Gasteiger partial charge in [0.25, 0.3) is 5.76 Å². The molecule has 8 heteroatoms. The maximum absolute atomic E-state index is 12.3. The standard InChI is InChI=1S/C11H9F5N2S/c12-10(13)19-9-4-2-1-3-8(9)18-6-7(5-17)11(14,15)16/h1-4,7,10,18H,6H2. The van der Waals surface area contributed by atoms with Crippen molar-refractivity contribution in [3.05, 3.63) is 24.3 Å². The van der Waals surface area contributed by atoms with E-state index in [1.54, 1.807) is 0 Å². The van der Waals surface area contributed by atoms with Crippen molar-refractivity contribution in [2.75, 3.05) is 11.9 Å². The highest BCUT2D eigenvalue weighted by molar-refractivity contribution is 7.99. The molecule has 1 rings (SSSR count). The van der Waals surface area contributed by atoms with Crippen LogP contribution in [0.15, 0.2) is 29.2 Å². The minimum atomic E-state index is -4.65. The molecule has 1 atom stereocenters. The topological polar surface area (TPSA) is 35.8 Å². The molecule has 1 aromatic rings. The molecule has 104 valence electrons. The van der Waals surface area contributed by atoms with Crippen LogP contribution < -0.4 is 5.32 Å². The molecule has 19 heavy (non-hydrogen) atoms. The van der Waals surface area contributed by atoms with Crippen LogP contribution in [0.2, 0.25) is 0 Å². The van der Waals surface area contributed by atoms with Crippen LogP contribution in [0.3, 0.4) is 0 Å². The number of benzene rings is 1. The minimum Gasteiger partial charge on any atom is -0.382 e. The van der Waals surface area contributed by atoms with Crippen molar-refractivity contribution in [2.45, 2.75) is 16.8 Å². The van der Waals surface area contributed by atoms with Crippen LogP contribution in [0.1, 0.15) is 0 Å². The molecule has 1 N–H and O–H groups in total. The van der Waals surface area contributed by atoms with Gasteiger partial charge in [0, 0.05) is 17.1 Å². The van der Waals surface area contributed by atoms with Gasteiger partial charge in [0.15, 0.2) is 5.92 Å². The Morgan fingerprint density at radius 1 is 1.26 bits per heavy atom. The monoisotopic (exact) mass is 296 g/mol. The smallest absolute Gasteiger partial charge is 0.382 e. The summed E-state index contributed by atoms with van der Waals surface area (Å²) in [5.41, 5.74) is 0.150. The quantitative estimate of drug-likeness (QED) is 0.656. The molecule has 2 nitrogen and oxygen atoms in total. The average molecular weight is 296 g/mol. The van der Waals surface area contributed by atoms with Crippen LogP contribution in [0.25, 0.3) is 0 Å². The van der Waals surface area contributed by atoms with Gasteiger partial charge >= 0.3 is 6.18 Å². The molecular formula is C11H9F5N2S. The second kappa shape index (κ2) is 6.61. The third kappa shape index (κ3) is 4.95. The van der Waals surface area contributed by atoms with E-state index in [-0.39, 0.29) is 22.3 Å². The SMILES string of the molecule is N#CC(CNc1ccccc1SC(F)F)C(F)(F)F. The van der Waals surface area contributed by atoms with Gasteiger partial charge < -0.3 is 5.32 Å². The van der Waals surface area contributed by atoms with Gasteiger partial charge in [-0.1, -0.05) is 23.9 Å². The van der Waals surface area contributed by atoms with Crippen LogP contribution in [0, 0.1) is 17.2 Å². The predicted octanol–water partition coefficient (Wildman–Crippen LogP) is 4.12. The van der Waals surface area contributed by atoms with Crippen LogP contribution in [-0.2, 0) is 0 Å². The molecule has 0 bridgehead atoms. The fraction of sp³-hybridized carbons (Fsp3) is 0.364. The summed E-state index contributed by atoms with van der Waals surface area (Å²) < 4.78 is 61.6. The lowest BCUT2D eigenvalue weighted by Gasteiger charge is -2.16. The number of thioether (sulfide) groups is 1. The second-order valence-corrected chi connectivity index (χ2v) is 4.51. The number of para-hydroxylation sites is 1. The van der Waals surface area contributed by atoms with E-state index < -0.39 is 24.4 Å². The fourth-order valence-corrected chi connectivity index (χ4v) is 1.87. The molecule has 0 amide bonds. The maximum atomic E-state index is 12.3. The van der Waals surface area contributed by atoms with E-state index >= 15 is 0 Å². The summed E-state index contributed by atoms with van der Waals surface area (Å²) in [6, 6.07) is 6.89. The summed E-state index contributed by atoms with van der Waals surface area (Å²) in [5.74, 6) is -4.85. The molecule has 0 saturated carbocycles. The molecule has 0 radical (unpaired) electrons. The van der Waals surface area contributed by atoms with Gasteiger partial charge in [-0.3, -0.25) is 0 Å². The Balaban J connectivity index is 2.75. The van der Waals surface area contributed by atoms with Crippen LogP contribution in [-0.4, -0.2) is 18.5 Å². The first kappa shape index (κ1) is 15.6. The fourth-order valence-electron chi connectivity index (χ4n) is 1.26. The zero-order valence-corrected chi connectivity index (χ0v) is 10.2. The zero-order valence-electron chi connectivity index (χ0n) is 9.42. The number of alkyl halides is 5. The summed E-state index contributed by atoms with van der Waals surface area (Å²) >= 11 is 0.232. The van der Waals surface area contributed by atoms with Crippen LogP contribution in [0.5, 0.6) is 0 Å². The Morgan fingerprint density at radius 3 is 2.42 bits per heavy atom. The molecule has 0 heterocycles. The van der Waals surface area contributed by atoms with Gasteiger partial charge in [-0.25, -0.2) is 0 Å². The highest BCUT2D eigenvalue weighted by Gasteiger charge is 2.39. The molecule has 0 aliphatic carbocycles. The van der Waals surface area contributed by atoms with Crippen molar-refractivity contribution in [2.24, 2.45) is 5.92 Å². The van der Waals surface area contributed by atoms with E-state index in [2.05, 4.69) is 5.32 Å². The zero-order chi connectivity index (χ0) is 14.5. The normalized spacial score (nSPS) is 13.1. The van der Waals surface area contributed by atoms with Crippen molar-refractivity contribution in [1.29, 1.82) is 5.26 Å². The van der Waals surface area contributed by atoms with E-state index in [1.807, 2.05) is 0 Å². The van der Waals surface area contributed by atoms with Crippen molar-refractivity contribution in [3.8, 4) is 6.07 Å². The largest absolute Gasteiger partial charge is 0.406 e. The van der Waals surface area contributed by atoms with Crippen molar-refractivity contribution < 1.29 is 22.0 Å². The van der Waals surface area contributed by atoms with E-state index in [9.17, 15) is 22.0 Å². The third-order valence-electron chi connectivity index (χ3n) is 2.15. The summed E-state index contributed by atoms with van der Waals surface area (Å²) in [5, 5.41) is 10.8. The second-order valence-electron chi connectivity index (χ2n) is 3.48. The van der Waals surface area contributed by atoms with E-state index in [1.165, 1.54) is 24.3 Å². The number of anilines is 1. The lowest BCUT2D eigenvalue weighted by atomic mass is 10.1. The predicted molar refractivity (Wildman–Crippen MR) is 62.0 cm³/mol. The number of hydrogen-bond acceptors (Lipinski definition) is 3. The Bertz CT molecular complexity index is 455. The Kier molecular flexibility index (Phi) is 5.42. The summed E-state index contributed by atoms with van der Waals surface area (Å²) in [6.07, 6.45) is -4.65. The number of halogens is 5. The van der Waals surface area contributed by atoms with Gasteiger partial charge in [-0.2, -0.15) is 27.2 Å². The van der Waals surface area contributed by atoms with Gasteiger partial charge in [0.05, 0.1) is 6.07 Å². The van der Waals surface area contributed by atoms with E-state index in [0.717, 1.165) is 6.07 Å². The highest BCUT2D eigenvalue weighted by atomic mass is 32.2. The van der Waals surface area contributed by atoms with Crippen LogP contribution >= 0.6 is 11.8 Å². The summed E-state index contributed by atoms with van der Waals surface area (Å²) in [4.78, 5) is 0.136. The van der Waals surface area contributed by atoms with Gasteiger partial charge in [0.1, 0.15) is 0 Å². The molecule has 0 saturated heterocycles. The van der Waals surface area contributed by atoms with Crippen molar-refractivity contribution in [1.82, 2.24) is 0 Å². The van der Waals surface area contributed by atoms with Gasteiger partial charge in [-0.15, -0.1) is 0 Å². The first-order valence-corrected chi connectivity index (χ1v) is 5.96. The lowest BCUT2D eigenvalue weighted by molar-refractivity contribution is -0.155. The van der Waals surface area contributed by atoms with Gasteiger partial charge in [0.2, 0.25) is 0 Å². The lowest BCUT2D eigenvalue weighted by Crippen LogP contribution is -2.28.